The van der Waals surface area contributed by atoms with E-state index in [0.717, 1.165) is 29.2 Å². The summed E-state index contributed by atoms with van der Waals surface area (Å²) in [6.45, 7) is 2.04. The van der Waals surface area contributed by atoms with Crippen LogP contribution in [-0.4, -0.2) is 21.9 Å². The number of rotatable bonds is 7. The van der Waals surface area contributed by atoms with Gasteiger partial charge in [0.15, 0.2) is 0 Å². The van der Waals surface area contributed by atoms with Gasteiger partial charge >= 0.3 is 0 Å². The van der Waals surface area contributed by atoms with Gasteiger partial charge in [-0.3, -0.25) is 9.78 Å². The van der Waals surface area contributed by atoms with E-state index in [9.17, 15) is 4.79 Å². The Kier molecular flexibility index (Phi) is 5.90. The van der Waals surface area contributed by atoms with Gasteiger partial charge in [-0.2, -0.15) is 0 Å². The largest absolute Gasteiger partial charge is 0.353 e. The number of aryl methyl sites for hydroxylation is 1. The molecule has 128 valence electrons. The molecule has 1 aromatic carbocycles. The Hall–Kier alpha value is -2.53. The third-order valence-electron chi connectivity index (χ3n) is 3.89. The topological polar surface area (TPSA) is 54.9 Å². The first-order chi connectivity index (χ1) is 12.2. The fourth-order valence-corrected chi connectivity index (χ4v) is 3.38. The lowest BCUT2D eigenvalue weighted by Gasteiger charge is -2.13. The van der Waals surface area contributed by atoms with Crippen LogP contribution in [0, 0.1) is 0 Å². The molecule has 0 saturated heterocycles. The van der Waals surface area contributed by atoms with Crippen LogP contribution in [0.2, 0.25) is 0 Å². The average Bonchev–Trinajstić information content (AvgIpc) is 3.10. The summed E-state index contributed by atoms with van der Waals surface area (Å²) in [5.41, 5.74) is 2.93. The van der Waals surface area contributed by atoms with E-state index in [0.29, 0.717) is 6.42 Å². The Morgan fingerprint density at radius 1 is 1.16 bits per heavy atom. The third kappa shape index (κ3) is 5.22. The van der Waals surface area contributed by atoms with Crippen LogP contribution in [0.25, 0.3) is 10.7 Å². The summed E-state index contributed by atoms with van der Waals surface area (Å²) in [6.07, 6.45) is 3.94. The maximum absolute atomic E-state index is 12.2. The molecule has 1 amide bonds. The predicted molar refractivity (Wildman–Crippen MR) is 101 cm³/mol. The minimum atomic E-state index is 0.0124. The number of thiazole rings is 1. The Balaban J connectivity index is 1.48. The van der Waals surface area contributed by atoms with Crippen molar-refractivity contribution in [2.75, 3.05) is 0 Å². The number of hydrogen-bond acceptors (Lipinski definition) is 4. The third-order valence-corrected chi connectivity index (χ3v) is 4.81. The standard InChI is InChI=1S/C20H21N3OS/c1-15(10-11-16-7-3-2-4-8-16)22-19(24)13-17-14-25-20(23-17)18-9-5-6-12-21-18/h2-9,12,14-15H,10-11,13H2,1H3,(H,22,24)/t15-/m1/s1. The zero-order valence-electron chi connectivity index (χ0n) is 14.2. The molecule has 0 saturated carbocycles. The van der Waals surface area contributed by atoms with E-state index < -0.39 is 0 Å². The maximum Gasteiger partial charge on any atom is 0.226 e. The molecular weight excluding hydrogens is 330 g/mol. The van der Waals surface area contributed by atoms with Gasteiger partial charge in [-0.1, -0.05) is 36.4 Å². The van der Waals surface area contributed by atoms with Crippen molar-refractivity contribution >= 4 is 17.2 Å². The molecular formula is C20H21N3OS. The summed E-state index contributed by atoms with van der Waals surface area (Å²) in [6, 6.07) is 16.2. The van der Waals surface area contributed by atoms with Crippen molar-refractivity contribution in [3.63, 3.8) is 0 Å². The van der Waals surface area contributed by atoms with Crippen molar-refractivity contribution in [2.45, 2.75) is 32.2 Å². The number of amides is 1. The summed E-state index contributed by atoms with van der Waals surface area (Å²) >= 11 is 1.52. The molecule has 3 aromatic rings. The van der Waals surface area contributed by atoms with Crippen molar-refractivity contribution in [1.82, 2.24) is 15.3 Å². The van der Waals surface area contributed by atoms with Crippen LogP contribution in [0.5, 0.6) is 0 Å². The zero-order chi connectivity index (χ0) is 17.5. The van der Waals surface area contributed by atoms with Gasteiger partial charge in [0.1, 0.15) is 5.01 Å². The summed E-state index contributed by atoms with van der Waals surface area (Å²) in [5.74, 6) is 0.0124. The summed E-state index contributed by atoms with van der Waals surface area (Å²) in [4.78, 5) is 21.0. The molecule has 1 atom stereocenters. The highest BCUT2D eigenvalue weighted by molar-refractivity contribution is 7.13. The molecule has 0 fully saturated rings. The molecule has 0 aliphatic heterocycles. The highest BCUT2D eigenvalue weighted by Gasteiger charge is 2.12. The first kappa shape index (κ1) is 17.3. The molecule has 25 heavy (non-hydrogen) atoms. The lowest BCUT2D eigenvalue weighted by Crippen LogP contribution is -2.34. The van der Waals surface area contributed by atoms with Gasteiger partial charge < -0.3 is 5.32 Å². The predicted octanol–water partition coefficient (Wildman–Crippen LogP) is 3.89. The Labute approximate surface area is 152 Å². The quantitative estimate of drug-likeness (QED) is 0.703. The molecule has 5 heteroatoms. The van der Waals surface area contributed by atoms with Gasteiger partial charge in [0.05, 0.1) is 17.8 Å². The van der Waals surface area contributed by atoms with Crippen molar-refractivity contribution in [3.05, 3.63) is 71.4 Å². The lowest BCUT2D eigenvalue weighted by molar-refractivity contribution is -0.121. The van der Waals surface area contributed by atoms with Crippen molar-refractivity contribution in [2.24, 2.45) is 0 Å². The van der Waals surface area contributed by atoms with Crippen molar-refractivity contribution < 1.29 is 4.79 Å². The molecule has 0 radical (unpaired) electrons. The lowest BCUT2D eigenvalue weighted by atomic mass is 10.1. The number of nitrogens with one attached hydrogen (secondary N) is 1. The molecule has 0 aliphatic carbocycles. The number of nitrogens with zero attached hydrogens (tertiary/aromatic N) is 2. The molecule has 3 rings (SSSR count). The monoisotopic (exact) mass is 351 g/mol. The van der Waals surface area contributed by atoms with E-state index in [4.69, 9.17) is 0 Å². The second-order valence-corrected chi connectivity index (χ2v) is 6.89. The molecule has 0 unspecified atom stereocenters. The van der Waals surface area contributed by atoms with E-state index in [1.165, 1.54) is 16.9 Å². The van der Waals surface area contributed by atoms with Crippen LogP contribution in [0.1, 0.15) is 24.6 Å². The summed E-state index contributed by atoms with van der Waals surface area (Å²) in [5, 5.41) is 5.83. The minimum absolute atomic E-state index is 0.0124. The van der Waals surface area contributed by atoms with E-state index in [2.05, 4.69) is 27.4 Å². The smallest absolute Gasteiger partial charge is 0.226 e. The summed E-state index contributed by atoms with van der Waals surface area (Å²) in [7, 11) is 0. The zero-order valence-corrected chi connectivity index (χ0v) is 15.0. The average molecular weight is 351 g/mol. The Morgan fingerprint density at radius 2 is 1.96 bits per heavy atom. The molecule has 0 spiro atoms. The van der Waals surface area contributed by atoms with Crippen molar-refractivity contribution in [1.29, 1.82) is 0 Å². The molecule has 4 nitrogen and oxygen atoms in total. The second kappa shape index (κ2) is 8.53. The first-order valence-corrected chi connectivity index (χ1v) is 9.28. The minimum Gasteiger partial charge on any atom is -0.353 e. The highest BCUT2D eigenvalue weighted by Crippen LogP contribution is 2.21. The number of aromatic nitrogens is 2. The number of hydrogen-bond donors (Lipinski definition) is 1. The normalized spacial score (nSPS) is 11.9. The van der Waals surface area contributed by atoms with E-state index >= 15 is 0 Å². The van der Waals surface area contributed by atoms with E-state index in [1.54, 1.807) is 6.20 Å². The van der Waals surface area contributed by atoms with E-state index in [1.807, 2.05) is 48.7 Å². The van der Waals surface area contributed by atoms with Crippen LogP contribution in [0.15, 0.2) is 60.1 Å². The van der Waals surface area contributed by atoms with Gasteiger partial charge in [0, 0.05) is 17.6 Å². The molecule has 2 aromatic heterocycles. The van der Waals surface area contributed by atoms with Crippen LogP contribution in [0.4, 0.5) is 0 Å². The maximum atomic E-state index is 12.2. The number of pyridine rings is 1. The Bertz CT molecular complexity index is 802. The first-order valence-electron chi connectivity index (χ1n) is 8.40. The van der Waals surface area contributed by atoms with Crippen LogP contribution < -0.4 is 5.32 Å². The molecule has 2 heterocycles. The van der Waals surface area contributed by atoms with Gasteiger partial charge in [-0.25, -0.2) is 4.98 Å². The van der Waals surface area contributed by atoms with Gasteiger partial charge in [-0.05, 0) is 37.5 Å². The number of carbonyl (C=O) groups excluding carboxylic acids is 1. The molecule has 1 N–H and O–H groups in total. The van der Waals surface area contributed by atoms with Gasteiger partial charge in [0.25, 0.3) is 0 Å². The number of carbonyl (C=O) groups is 1. The summed E-state index contributed by atoms with van der Waals surface area (Å²) < 4.78 is 0. The van der Waals surface area contributed by atoms with Crippen molar-refractivity contribution in [3.8, 4) is 10.7 Å². The number of benzene rings is 1. The van der Waals surface area contributed by atoms with Crippen LogP contribution >= 0.6 is 11.3 Å². The van der Waals surface area contributed by atoms with E-state index in [-0.39, 0.29) is 11.9 Å². The Morgan fingerprint density at radius 3 is 2.72 bits per heavy atom. The van der Waals surface area contributed by atoms with Gasteiger partial charge in [-0.15, -0.1) is 11.3 Å². The highest BCUT2D eigenvalue weighted by atomic mass is 32.1. The SMILES string of the molecule is C[C@H](CCc1ccccc1)NC(=O)Cc1csc(-c2ccccn2)n1. The molecule has 0 bridgehead atoms. The van der Waals surface area contributed by atoms with Crippen LogP contribution in [0.3, 0.4) is 0 Å². The van der Waals surface area contributed by atoms with Gasteiger partial charge in [0.2, 0.25) is 5.91 Å². The van der Waals surface area contributed by atoms with Crippen LogP contribution in [-0.2, 0) is 17.6 Å². The fourth-order valence-electron chi connectivity index (χ4n) is 2.59. The fraction of sp³-hybridized carbons (Fsp3) is 0.250. The molecule has 0 aliphatic rings. The second-order valence-electron chi connectivity index (χ2n) is 6.03.